The van der Waals surface area contributed by atoms with E-state index in [0.29, 0.717) is 48.2 Å². The second kappa shape index (κ2) is 7.72. The summed E-state index contributed by atoms with van der Waals surface area (Å²) in [6, 6.07) is 14.0. The average molecular weight is 405 g/mol. The van der Waals surface area contributed by atoms with E-state index in [-0.39, 0.29) is 11.0 Å². The predicted octanol–water partition coefficient (Wildman–Crippen LogP) is 3.69. The molecule has 3 aromatic rings. The van der Waals surface area contributed by atoms with Crippen LogP contribution in [0.5, 0.6) is 0 Å². The molecular formula is C19H17ClN2O4S. The molecule has 1 aromatic heterocycles. The Morgan fingerprint density at radius 1 is 1.11 bits per heavy atom. The zero-order valence-corrected chi connectivity index (χ0v) is 15.9. The van der Waals surface area contributed by atoms with Crippen LogP contribution in [0.15, 0.2) is 58.0 Å². The van der Waals surface area contributed by atoms with Gasteiger partial charge in [0.15, 0.2) is 11.0 Å². The van der Waals surface area contributed by atoms with Crippen LogP contribution in [-0.4, -0.2) is 41.3 Å². The molecule has 1 unspecified atom stereocenters. The van der Waals surface area contributed by atoms with E-state index in [4.69, 9.17) is 20.8 Å². The Morgan fingerprint density at radius 2 is 1.89 bits per heavy atom. The number of hydrogen-bond acceptors (Lipinski definition) is 4. The van der Waals surface area contributed by atoms with Gasteiger partial charge in [-0.3, -0.25) is 9.52 Å². The molecule has 0 radical (unpaired) electrons. The van der Waals surface area contributed by atoms with Gasteiger partial charge in [0.05, 0.1) is 24.5 Å². The number of ether oxygens (including phenoxy) is 1. The number of hydrogen-bond donors (Lipinski definition) is 1. The lowest BCUT2D eigenvalue weighted by Crippen LogP contribution is -2.40. The molecule has 2 aromatic carbocycles. The summed E-state index contributed by atoms with van der Waals surface area (Å²) in [5.74, 6) is -0.154. The Bertz CT molecular complexity index is 981. The zero-order valence-electron chi connectivity index (χ0n) is 14.3. The topological polar surface area (TPSA) is 71.8 Å². The highest BCUT2D eigenvalue weighted by atomic mass is 35.5. The van der Waals surface area contributed by atoms with E-state index in [2.05, 4.69) is 4.72 Å². The first-order chi connectivity index (χ1) is 13.1. The van der Waals surface area contributed by atoms with Crippen molar-refractivity contribution in [3.8, 4) is 0 Å². The third kappa shape index (κ3) is 3.85. The molecule has 1 aliphatic rings. The summed E-state index contributed by atoms with van der Waals surface area (Å²) < 4.78 is 26.6. The van der Waals surface area contributed by atoms with Crippen LogP contribution in [0.25, 0.3) is 11.0 Å². The van der Waals surface area contributed by atoms with Crippen LogP contribution in [0.1, 0.15) is 10.4 Å². The number of rotatable bonds is 4. The molecule has 1 amide bonds. The molecule has 6 nitrogen and oxygen atoms in total. The highest BCUT2D eigenvalue weighted by Crippen LogP contribution is 2.26. The van der Waals surface area contributed by atoms with Crippen molar-refractivity contribution in [1.29, 1.82) is 0 Å². The number of fused-ring (bicyclic) bond motifs is 1. The zero-order chi connectivity index (χ0) is 18.8. The van der Waals surface area contributed by atoms with Gasteiger partial charge < -0.3 is 14.1 Å². The molecule has 1 N–H and O–H groups in total. The van der Waals surface area contributed by atoms with Crippen LogP contribution < -0.4 is 4.72 Å². The number of amides is 1. The van der Waals surface area contributed by atoms with Gasteiger partial charge in [-0.25, -0.2) is 4.21 Å². The number of morpholine rings is 1. The first-order valence-corrected chi connectivity index (χ1v) is 9.98. The van der Waals surface area contributed by atoms with Crippen molar-refractivity contribution in [2.24, 2.45) is 0 Å². The van der Waals surface area contributed by atoms with Crippen LogP contribution in [0.4, 0.5) is 5.69 Å². The number of halogens is 1. The van der Waals surface area contributed by atoms with Crippen LogP contribution >= 0.6 is 11.6 Å². The number of carbonyl (C=O) groups excluding carboxylic acids is 1. The Morgan fingerprint density at radius 3 is 2.67 bits per heavy atom. The lowest BCUT2D eigenvalue weighted by atomic mass is 10.1. The molecule has 0 saturated carbocycles. The molecular weight excluding hydrogens is 388 g/mol. The van der Waals surface area contributed by atoms with E-state index >= 15 is 0 Å². The highest BCUT2D eigenvalue weighted by molar-refractivity contribution is 7.86. The minimum Gasteiger partial charge on any atom is -0.445 e. The summed E-state index contributed by atoms with van der Waals surface area (Å²) in [5, 5.41) is 1.58. The van der Waals surface area contributed by atoms with Gasteiger partial charge in [0, 0.05) is 29.6 Å². The van der Waals surface area contributed by atoms with Gasteiger partial charge >= 0.3 is 0 Å². The molecule has 1 aliphatic heterocycles. The summed E-state index contributed by atoms with van der Waals surface area (Å²) in [5.41, 5.74) is 1.46. The van der Waals surface area contributed by atoms with Crippen molar-refractivity contribution in [2.75, 3.05) is 31.0 Å². The van der Waals surface area contributed by atoms with Crippen LogP contribution in [0, 0.1) is 0 Å². The second-order valence-corrected chi connectivity index (χ2v) is 7.65. The number of anilines is 1. The molecule has 8 heteroatoms. The Hall–Kier alpha value is -2.35. The van der Waals surface area contributed by atoms with Crippen molar-refractivity contribution in [3.63, 3.8) is 0 Å². The van der Waals surface area contributed by atoms with Gasteiger partial charge in [0.2, 0.25) is 5.09 Å². The highest BCUT2D eigenvalue weighted by Gasteiger charge is 2.22. The molecule has 2 heterocycles. The molecule has 140 valence electrons. The quantitative estimate of drug-likeness (QED) is 0.719. The smallest absolute Gasteiger partial charge is 0.256 e. The fraction of sp³-hybridized carbons (Fsp3) is 0.211. The third-order valence-corrected chi connectivity index (χ3v) is 5.51. The number of para-hydroxylation sites is 1. The molecule has 0 spiro atoms. The van der Waals surface area contributed by atoms with E-state index in [0.717, 1.165) is 5.39 Å². The molecule has 27 heavy (non-hydrogen) atoms. The fourth-order valence-corrected chi connectivity index (χ4v) is 3.96. The van der Waals surface area contributed by atoms with Gasteiger partial charge in [0.25, 0.3) is 5.91 Å². The van der Waals surface area contributed by atoms with Gasteiger partial charge in [-0.2, -0.15) is 0 Å². The summed E-state index contributed by atoms with van der Waals surface area (Å²) in [6.45, 7) is 2.06. The number of nitrogens with one attached hydrogen (secondary N) is 1. The summed E-state index contributed by atoms with van der Waals surface area (Å²) in [4.78, 5) is 14.6. The van der Waals surface area contributed by atoms with Crippen LogP contribution in [0.3, 0.4) is 0 Å². The first-order valence-electron chi connectivity index (χ1n) is 8.45. The lowest BCUT2D eigenvalue weighted by Gasteiger charge is -2.27. The Balaban J connectivity index is 1.61. The predicted molar refractivity (Wildman–Crippen MR) is 104 cm³/mol. The molecule has 1 fully saturated rings. The largest absolute Gasteiger partial charge is 0.445 e. The molecule has 1 atom stereocenters. The van der Waals surface area contributed by atoms with E-state index in [1.807, 2.05) is 24.3 Å². The monoisotopic (exact) mass is 404 g/mol. The van der Waals surface area contributed by atoms with Gasteiger partial charge in [-0.1, -0.05) is 29.8 Å². The lowest BCUT2D eigenvalue weighted by molar-refractivity contribution is 0.0303. The van der Waals surface area contributed by atoms with Crippen molar-refractivity contribution in [2.45, 2.75) is 5.09 Å². The summed E-state index contributed by atoms with van der Waals surface area (Å²) in [7, 11) is -1.68. The van der Waals surface area contributed by atoms with Gasteiger partial charge in [0.1, 0.15) is 5.58 Å². The molecule has 0 aliphatic carbocycles. The number of furan rings is 1. The minimum atomic E-state index is -1.68. The maximum absolute atomic E-state index is 12.9. The summed E-state index contributed by atoms with van der Waals surface area (Å²) >= 11 is 6.09. The molecule has 1 saturated heterocycles. The van der Waals surface area contributed by atoms with E-state index < -0.39 is 11.0 Å². The second-order valence-electron chi connectivity index (χ2n) is 6.07. The Labute approximate surface area is 163 Å². The third-order valence-electron chi connectivity index (χ3n) is 4.30. The Kier molecular flexibility index (Phi) is 5.15. The molecule has 0 bridgehead atoms. The number of nitrogens with zero attached hydrogens (tertiary/aromatic N) is 1. The van der Waals surface area contributed by atoms with Crippen molar-refractivity contribution in [1.82, 2.24) is 4.90 Å². The first kappa shape index (κ1) is 18.0. The normalized spacial score (nSPS) is 15.7. The van der Waals surface area contributed by atoms with Crippen molar-refractivity contribution >= 4 is 45.2 Å². The fourth-order valence-electron chi connectivity index (χ4n) is 2.92. The van der Waals surface area contributed by atoms with Crippen molar-refractivity contribution in [3.05, 3.63) is 59.1 Å². The maximum Gasteiger partial charge on any atom is 0.256 e. The van der Waals surface area contributed by atoms with Gasteiger partial charge in [-0.05, 0) is 24.3 Å². The minimum absolute atomic E-state index is 0.154. The van der Waals surface area contributed by atoms with E-state index in [1.165, 1.54) is 0 Å². The van der Waals surface area contributed by atoms with Crippen LogP contribution in [-0.2, 0) is 15.7 Å². The number of benzene rings is 2. The number of carbonyl (C=O) groups is 1. The SMILES string of the molecule is O=C(c1ccc(Cl)cc1NS(=O)c1cc2ccccc2o1)N1CCOCC1. The van der Waals surface area contributed by atoms with E-state index in [1.54, 1.807) is 29.2 Å². The maximum atomic E-state index is 12.9. The van der Waals surface area contributed by atoms with Crippen LogP contribution in [0.2, 0.25) is 5.02 Å². The average Bonchev–Trinajstić information content (AvgIpc) is 3.13. The standard InChI is InChI=1S/C19H17ClN2O4S/c20-14-5-6-15(19(23)22-7-9-25-10-8-22)16(12-14)21-27(24)18-11-13-3-1-2-4-17(13)26-18/h1-6,11-12,21H,7-10H2. The summed E-state index contributed by atoms with van der Waals surface area (Å²) in [6.07, 6.45) is 0. The van der Waals surface area contributed by atoms with Gasteiger partial charge in [-0.15, -0.1) is 0 Å². The van der Waals surface area contributed by atoms with E-state index in [9.17, 15) is 9.00 Å². The van der Waals surface area contributed by atoms with Crippen molar-refractivity contribution < 1.29 is 18.2 Å². The molecule has 4 rings (SSSR count).